The number of aromatic nitrogens is 2. The normalized spacial score (nSPS) is 17.3. The lowest BCUT2D eigenvalue weighted by molar-refractivity contribution is 0.0998. The van der Waals surface area contributed by atoms with Crippen LogP contribution in [0.25, 0.3) is 11.0 Å². The van der Waals surface area contributed by atoms with Crippen LogP contribution in [0.15, 0.2) is 0 Å². The number of rotatable bonds is 2. The van der Waals surface area contributed by atoms with E-state index in [0.29, 0.717) is 5.82 Å². The Kier molecular flexibility index (Phi) is 4.41. The fraction of sp³-hybridized carbons (Fsp3) is 0.429. The largest absolute Gasteiger partial charge is 0.504 e. The molecule has 1 atom stereocenters. The van der Waals surface area contributed by atoms with Crippen molar-refractivity contribution >= 4 is 16.9 Å². The van der Waals surface area contributed by atoms with Crippen LogP contribution in [0.5, 0.6) is 17.2 Å². The molecule has 2 aromatic rings. The lowest BCUT2D eigenvalue weighted by Crippen LogP contribution is -2.14. The molecule has 22 heavy (non-hydrogen) atoms. The predicted octanol–water partition coefficient (Wildman–Crippen LogP) is 1.23. The summed E-state index contributed by atoms with van der Waals surface area (Å²) in [5.74, 6) is -2.51. The quantitative estimate of drug-likeness (QED) is 0.460. The Morgan fingerprint density at radius 1 is 1.23 bits per heavy atom. The summed E-state index contributed by atoms with van der Waals surface area (Å²) >= 11 is 0. The van der Waals surface area contributed by atoms with Gasteiger partial charge in [0.2, 0.25) is 5.75 Å². The number of carbonyl (C=O) groups excluding carboxylic acids is 1. The maximum Gasteiger partial charge on any atom is 0.254 e. The average Bonchev–Trinajstić information content (AvgIpc) is 3.15. The molecule has 1 aromatic carbocycles. The number of amides is 1. The monoisotopic (exact) mass is 308 g/mol. The molecule has 1 unspecified atom stereocenters. The highest BCUT2D eigenvalue weighted by molar-refractivity contribution is 6.09. The SMILES string of the molecule is CC.NC(=O)c1c(O)c(O)c(O)c2[nH]c(C3CCCN3)nc12. The first-order valence-electron chi connectivity index (χ1n) is 7.20. The maximum atomic E-state index is 11.4. The predicted molar refractivity (Wildman–Crippen MR) is 80.9 cm³/mol. The highest BCUT2D eigenvalue weighted by Crippen LogP contribution is 2.44. The zero-order chi connectivity index (χ0) is 16.4. The molecule has 1 saturated heterocycles. The fourth-order valence-electron chi connectivity index (χ4n) is 2.52. The second kappa shape index (κ2) is 6.10. The zero-order valence-electron chi connectivity index (χ0n) is 12.5. The number of imidazole rings is 1. The Morgan fingerprint density at radius 2 is 1.91 bits per heavy atom. The first-order valence-corrected chi connectivity index (χ1v) is 7.20. The number of nitrogens with one attached hydrogen (secondary N) is 2. The molecule has 1 fully saturated rings. The van der Waals surface area contributed by atoms with Gasteiger partial charge in [-0.15, -0.1) is 0 Å². The summed E-state index contributed by atoms with van der Waals surface area (Å²) in [7, 11) is 0. The summed E-state index contributed by atoms with van der Waals surface area (Å²) in [5.41, 5.74) is 5.02. The molecule has 0 saturated carbocycles. The molecule has 0 spiro atoms. The van der Waals surface area contributed by atoms with E-state index in [0.717, 1.165) is 19.4 Å². The Bertz CT molecular complexity index is 705. The first kappa shape index (κ1) is 15.9. The molecule has 7 N–H and O–H groups in total. The van der Waals surface area contributed by atoms with Crippen LogP contribution < -0.4 is 11.1 Å². The van der Waals surface area contributed by atoms with Gasteiger partial charge in [0, 0.05) is 0 Å². The topological polar surface area (TPSA) is 144 Å². The Labute approximate surface area is 127 Å². The fourth-order valence-corrected chi connectivity index (χ4v) is 2.52. The lowest BCUT2D eigenvalue weighted by atomic mass is 10.1. The Hall–Kier alpha value is -2.48. The van der Waals surface area contributed by atoms with Crippen molar-refractivity contribution in [3.05, 3.63) is 11.4 Å². The summed E-state index contributed by atoms with van der Waals surface area (Å²) < 4.78 is 0. The van der Waals surface area contributed by atoms with Crippen LogP contribution in [0.2, 0.25) is 0 Å². The van der Waals surface area contributed by atoms with E-state index >= 15 is 0 Å². The standard InChI is InChI=1S/C12H14N4O4.C2H6/c13-11(20)5-6-7(9(18)10(19)8(5)17)16-12(15-6)4-2-1-3-14-4;1-2/h4,14,17-19H,1-3H2,(H2,13,20)(H,15,16);1-2H3. The van der Waals surface area contributed by atoms with E-state index in [2.05, 4.69) is 15.3 Å². The van der Waals surface area contributed by atoms with Gasteiger partial charge in [-0.05, 0) is 19.4 Å². The number of phenols is 3. The lowest BCUT2D eigenvalue weighted by Gasteiger charge is -2.05. The molecule has 120 valence electrons. The van der Waals surface area contributed by atoms with Crippen molar-refractivity contribution in [2.45, 2.75) is 32.7 Å². The van der Waals surface area contributed by atoms with Crippen molar-refractivity contribution in [1.82, 2.24) is 15.3 Å². The van der Waals surface area contributed by atoms with Crippen molar-refractivity contribution < 1.29 is 20.1 Å². The molecule has 0 radical (unpaired) electrons. The summed E-state index contributed by atoms with van der Waals surface area (Å²) in [6.07, 6.45) is 1.86. The minimum Gasteiger partial charge on any atom is -0.504 e. The minimum absolute atomic E-state index is 0.0215. The van der Waals surface area contributed by atoms with Gasteiger partial charge in [0.1, 0.15) is 22.4 Å². The summed E-state index contributed by atoms with van der Waals surface area (Å²) in [6.45, 7) is 4.85. The van der Waals surface area contributed by atoms with Crippen molar-refractivity contribution in [2.24, 2.45) is 5.73 Å². The third-order valence-electron chi connectivity index (χ3n) is 3.52. The van der Waals surface area contributed by atoms with Gasteiger partial charge < -0.3 is 31.4 Å². The molecule has 8 heteroatoms. The Balaban J connectivity index is 0.000000847. The number of benzene rings is 1. The van der Waals surface area contributed by atoms with Crippen LogP contribution in [0.4, 0.5) is 0 Å². The second-order valence-corrected chi connectivity index (χ2v) is 4.78. The summed E-state index contributed by atoms with van der Waals surface area (Å²) in [6, 6.07) is -0.0215. The van der Waals surface area contributed by atoms with Gasteiger partial charge in [-0.1, -0.05) is 13.8 Å². The molecule has 1 aliphatic rings. The highest BCUT2D eigenvalue weighted by atomic mass is 16.3. The molecular formula is C14H20N4O4. The van der Waals surface area contributed by atoms with Crippen molar-refractivity contribution in [1.29, 1.82) is 0 Å². The van der Waals surface area contributed by atoms with Crippen LogP contribution >= 0.6 is 0 Å². The van der Waals surface area contributed by atoms with Gasteiger partial charge in [-0.2, -0.15) is 0 Å². The van der Waals surface area contributed by atoms with E-state index in [9.17, 15) is 20.1 Å². The molecule has 2 heterocycles. The van der Waals surface area contributed by atoms with Gasteiger partial charge in [-0.3, -0.25) is 4.79 Å². The molecule has 3 rings (SSSR count). The molecule has 1 amide bonds. The number of fused-ring (bicyclic) bond motifs is 1. The van der Waals surface area contributed by atoms with Crippen molar-refractivity contribution in [3.63, 3.8) is 0 Å². The van der Waals surface area contributed by atoms with Crippen molar-refractivity contribution in [2.75, 3.05) is 6.54 Å². The Morgan fingerprint density at radius 3 is 2.45 bits per heavy atom. The molecule has 0 bridgehead atoms. The highest BCUT2D eigenvalue weighted by Gasteiger charge is 2.27. The number of aromatic amines is 1. The second-order valence-electron chi connectivity index (χ2n) is 4.78. The number of phenolic OH excluding ortho intramolecular Hbond substituents is 2. The number of hydrogen-bond acceptors (Lipinski definition) is 6. The summed E-state index contributed by atoms with van der Waals surface area (Å²) in [5, 5.41) is 32.4. The first-order chi connectivity index (χ1) is 10.5. The van der Waals surface area contributed by atoms with Gasteiger partial charge in [0.15, 0.2) is 11.5 Å². The van der Waals surface area contributed by atoms with E-state index in [1.165, 1.54) is 0 Å². The van der Waals surface area contributed by atoms with Gasteiger partial charge in [0.05, 0.1) is 6.04 Å². The smallest absolute Gasteiger partial charge is 0.254 e. The number of carbonyl (C=O) groups is 1. The van der Waals surface area contributed by atoms with E-state index in [1.807, 2.05) is 13.8 Å². The van der Waals surface area contributed by atoms with Gasteiger partial charge in [0.25, 0.3) is 5.91 Å². The third kappa shape index (κ3) is 2.41. The van der Waals surface area contributed by atoms with Crippen LogP contribution in [-0.4, -0.2) is 37.7 Å². The summed E-state index contributed by atoms with van der Waals surface area (Å²) in [4.78, 5) is 18.5. The van der Waals surface area contributed by atoms with Crippen molar-refractivity contribution in [3.8, 4) is 17.2 Å². The van der Waals surface area contributed by atoms with E-state index < -0.39 is 23.2 Å². The maximum absolute atomic E-state index is 11.4. The molecule has 1 aromatic heterocycles. The third-order valence-corrected chi connectivity index (χ3v) is 3.52. The van der Waals surface area contributed by atoms with E-state index in [4.69, 9.17) is 5.73 Å². The van der Waals surface area contributed by atoms with Crippen LogP contribution in [-0.2, 0) is 0 Å². The minimum atomic E-state index is -0.930. The van der Waals surface area contributed by atoms with E-state index in [1.54, 1.807) is 0 Å². The van der Waals surface area contributed by atoms with Crippen LogP contribution in [0, 0.1) is 0 Å². The number of hydrogen-bond donors (Lipinski definition) is 6. The van der Waals surface area contributed by atoms with Crippen LogP contribution in [0.1, 0.15) is 48.9 Å². The zero-order valence-corrected chi connectivity index (χ0v) is 12.5. The number of nitrogens with zero attached hydrogens (tertiary/aromatic N) is 1. The molecular weight excluding hydrogens is 288 g/mol. The van der Waals surface area contributed by atoms with Crippen LogP contribution in [0.3, 0.4) is 0 Å². The van der Waals surface area contributed by atoms with Gasteiger partial charge in [-0.25, -0.2) is 4.98 Å². The number of H-pyrrole nitrogens is 1. The molecule has 1 aliphatic heterocycles. The van der Waals surface area contributed by atoms with Gasteiger partial charge >= 0.3 is 0 Å². The molecule has 8 nitrogen and oxygen atoms in total. The average molecular weight is 308 g/mol. The number of aromatic hydroxyl groups is 3. The van der Waals surface area contributed by atoms with E-state index in [-0.39, 0.29) is 22.6 Å². The number of primary amides is 1. The molecule has 0 aliphatic carbocycles. The number of nitrogens with two attached hydrogens (primary N) is 1.